The molecule has 0 aliphatic heterocycles. The fourth-order valence-electron chi connectivity index (χ4n) is 3.01. The summed E-state index contributed by atoms with van der Waals surface area (Å²) in [6, 6.07) is 13.5. The molecule has 1 N–H and O–H groups in total. The fraction of sp³-hybridized carbons (Fsp3) is 0.174. The minimum absolute atomic E-state index is 0.0444. The summed E-state index contributed by atoms with van der Waals surface area (Å²) in [5.74, 6) is -1.94. The highest BCUT2D eigenvalue weighted by molar-refractivity contribution is 6.00. The molecule has 0 fully saturated rings. The van der Waals surface area contributed by atoms with Crippen molar-refractivity contribution in [2.75, 3.05) is 5.32 Å². The van der Waals surface area contributed by atoms with E-state index in [1.54, 1.807) is 37.4 Å². The first-order valence-corrected chi connectivity index (χ1v) is 9.47. The highest BCUT2D eigenvalue weighted by Crippen LogP contribution is 2.31. The summed E-state index contributed by atoms with van der Waals surface area (Å²) in [5.41, 5.74) is -0.359. The number of nitrogens with one attached hydrogen (secondary N) is 1. The molecule has 32 heavy (non-hydrogen) atoms. The van der Waals surface area contributed by atoms with Crippen molar-refractivity contribution >= 4 is 23.3 Å². The van der Waals surface area contributed by atoms with Crippen LogP contribution in [0, 0.1) is 0 Å². The van der Waals surface area contributed by atoms with Crippen LogP contribution in [0.3, 0.4) is 0 Å². The van der Waals surface area contributed by atoms with Gasteiger partial charge in [0.2, 0.25) is 6.10 Å². The number of ether oxygens (including phenoxy) is 1. The maximum Gasteiger partial charge on any atom is 0.416 e. The summed E-state index contributed by atoms with van der Waals surface area (Å²) in [6.07, 6.45) is -4.56. The lowest BCUT2D eigenvalue weighted by Gasteiger charge is -2.19. The predicted molar refractivity (Wildman–Crippen MR) is 110 cm³/mol. The monoisotopic (exact) mass is 444 g/mol. The fourth-order valence-corrected chi connectivity index (χ4v) is 3.01. The number of aromatic nitrogens is 1. The van der Waals surface area contributed by atoms with Crippen molar-refractivity contribution in [1.82, 2.24) is 4.57 Å². The topological polar surface area (TPSA) is 77.4 Å². The van der Waals surface area contributed by atoms with E-state index in [9.17, 15) is 27.6 Å². The number of carbonyl (C=O) groups is 3. The third kappa shape index (κ3) is 5.23. The van der Waals surface area contributed by atoms with Gasteiger partial charge in [-0.15, -0.1) is 0 Å². The Morgan fingerprint density at radius 3 is 2.28 bits per heavy atom. The maximum atomic E-state index is 13.0. The third-order valence-electron chi connectivity index (χ3n) is 4.64. The van der Waals surface area contributed by atoms with Crippen LogP contribution in [0.15, 0.2) is 66.9 Å². The van der Waals surface area contributed by atoms with Crippen LogP contribution in [-0.4, -0.2) is 22.2 Å². The number of anilines is 1. The van der Waals surface area contributed by atoms with E-state index in [1.807, 2.05) is 0 Å². The highest BCUT2D eigenvalue weighted by Gasteiger charge is 2.31. The number of hydrogen-bond donors (Lipinski definition) is 1. The molecule has 0 saturated carbocycles. The van der Waals surface area contributed by atoms with Crippen LogP contribution in [0.5, 0.6) is 0 Å². The molecule has 3 aromatic rings. The number of aryl methyl sites for hydroxylation is 1. The van der Waals surface area contributed by atoms with Crippen LogP contribution in [0.4, 0.5) is 18.9 Å². The molecule has 1 amide bonds. The maximum absolute atomic E-state index is 13.0. The number of alkyl halides is 3. The first-order chi connectivity index (χ1) is 15.1. The van der Waals surface area contributed by atoms with E-state index in [0.29, 0.717) is 11.1 Å². The Morgan fingerprint density at radius 1 is 1.00 bits per heavy atom. The molecule has 166 valence electrons. The van der Waals surface area contributed by atoms with E-state index in [4.69, 9.17) is 4.74 Å². The Bertz CT molecular complexity index is 1150. The minimum Gasteiger partial charge on any atom is -0.443 e. The summed E-state index contributed by atoms with van der Waals surface area (Å²) < 4.78 is 45.7. The Balaban J connectivity index is 1.88. The van der Waals surface area contributed by atoms with E-state index in [0.717, 1.165) is 18.2 Å². The zero-order valence-corrected chi connectivity index (χ0v) is 17.1. The molecule has 1 unspecified atom stereocenters. The Morgan fingerprint density at radius 2 is 1.69 bits per heavy atom. The van der Waals surface area contributed by atoms with E-state index >= 15 is 0 Å². The number of carbonyl (C=O) groups excluding carboxylic acids is 3. The van der Waals surface area contributed by atoms with E-state index in [2.05, 4.69) is 5.32 Å². The molecule has 0 aliphatic carbocycles. The number of Topliss-reactive ketones (excluding diaryl/α,β-unsaturated/α-hetero) is 1. The number of ketones is 1. The molecule has 3 rings (SSSR count). The standard InChI is InChI=1S/C23H19F3N2O4/c1-14(29)16-11-19(28(2)13-16)22(31)32-20(15-7-4-3-5-8-15)21(30)27-18-10-6-9-17(12-18)23(24,25)26/h3-13,20H,1-2H3,(H,27,30). The molecular weight excluding hydrogens is 425 g/mol. The van der Waals surface area contributed by atoms with Crippen LogP contribution in [0.1, 0.15) is 45.0 Å². The molecule has 0 saturated heterocycles. The van der Waals surface area contributed by atoms with Gasteiger partial charge in [0.1, 0.15) is 5.69 Å². The zero-order valence-electron chi connectivity index (χ0n) is 17.1. The molecule has 0 aliphatic rings. The second-order valence-corrected chi connectivity index (χ2v) is 7.04. The quantitative estimate of drug-likeness (QED) is 0.438. The molecular formula is C23H19F3N2O4. The molecule has 9 heteroatoms. The smallest absolute Gasteiger partial charge is 0.416 e. The summed E-state index contributed by atoms with van der Waals surface area (Å²) in [5, 5.41) is 2.37. The average Bonchev–Trinajstić information content (AvgIpc) is 3.14. The number of amides is 1. The van der Waals surface area contributed by atoms with Gasteiger partial charge in [-0.05, 0) is 31.2 Å². The normalized spacial score (nSPS) is 12.2. The van der Waals surface area contributed by atoms with Crippen LogP contribution >= 0.6 is 0 Å². The van der Waals surface area contributed by atoms with Crippen LogP contribution in [0.2, 0.25) is 0 Å². The molecule has 2 aromatic carbocycles. The van der Waals surface area contributed by atoms with Crippen LogP contribution in [0.25, 0.3) is 0 Å². The first kappa shape index (κ1) is 22.8. The van der Waals surface area contributed by atoms with Crippen molar-refractivity contribution in [3.05, 3.63) is 89.2 Å². The van der Waals surface area contributed by atoms with Crippen molar-refractivity contribution < 1.29 is 32.3 Å². The number of hydrogen-bond acceptors (Lipinski definition) is 4. The second kappa shape index (κ2) is 9.09. The molecule has 0 radical (unpaired) electrons. The van der Waals surface area contributed by atoms with Crippen LogP contribution < -0.4 is 5.32 Å². The van der Waals surface area contributed by atoms with Gasteiger partial charge in [-0.1, -0.05) is 36.4 Å². The van der Waals surface area contributed by atoms with Gasteiger partial charge in [-0.2, -0.15) is 13.2 Å². The van der Waals surface area contributed by atoms with Gasteiger partial charge in [0, 0.05) is 30.1 Å². The van der Waals surface area contributed by atoms with Gasteiger partial charge in [0.25, 0.3) is 5.91 Å². The molecule has 1 heterocycles. The first-order valence-electron chi connectivity index (χ1n) is 9.47. The molecule has 0 bridgehead atoms. The van der Waals surface area contributed by atoms with E-state index in [1.165, 1.54) is 29.8 Å². The highest BCUT2D eigenvalue weighted by atomic mass is 19.4. The second-order valence-electron chi connectivity index (χ2n) is 7.04. The Kier molecular flexibility index (Phi) is 6.47. The van der Waals surface area contributed by atoms with Crippen molar-refractivity contribution in [3.63, 3.8) is 0 Å². The molecule has 6 nitrogen and oxygen atoms in total. The summed E-state index contributed by atoms with van der Waals surface area (Å²) >= 11 is 0. The van der Waals surface area contributed by atoms with Gasteiger partial charge in [0.05, 0.1) is 5.56 Å². The van der Waals surface area contributed by atoms with Gasteiger partial charge in [-0.25, -0.2) is 4.79 Å². The van der Waals surface area contributed by atoms with Gasteiger partial charge < -0.3 is 14.6 Å². The summed E-state index contributed by atoms with van der Waals surface area (Å²) in [6.45, 7) is 1.35. The largest absolute Gasteiger partial charge is 0.443 e. The van der Waals surface area contributed by atoms with Crippen molar-refractivity contribution in [2.24, 2.45) is 7.05 Å². The van der Waals surface area contributed by atoms with Gasteiger partial charge >= 0.3 is 12.1 Å². The molecule has 0 spiro atoms. The summed E-state index contributed by atoms with van der Waals surface area (Å²) in [7, 11) is 1.54. The zero-order chi connectivity index (χ0) is 23.5. The van der Waals surface area contributed by atoms with Crippen molar-refractivity contribution in [2.45, 2.75) is 19.2 Å². The third-order valence-corrected chi connectivity index (χ3v) is 4.64. The lowest BCUT2D eigenvalue weighted by Crippen LogP contribution is -2.26. The number of benzene rings is 2. The number of halogens is 3. The SMILES string of the molecule is CC(=O)c1cc(C(=O)OC(C(=O)Nc2cccc(C(F)(F)F)c2)c2ccccc2)n(C)c1. The summed E-state index contributed by atoms with van der Waals surface area (Å²) in [4.78, 5) is 37.2. The number of nitrogens with zero attached hydrogens (tertiary/aromatic N) is 1. The van der Waals surface area contributed by atoms with Crippen LogP contribution in [-0.2, 0) is 22.8 Å². The molecule has 1 aromatic heterocycles. The number of esters is 1. The Labute approximate surface area is 181 Å². The predicted octanol–water partition coefficient (Wildman–Crippen LogP) is 4.78. The van der Waals surface area contributed by atoms with Gasteiger partial charge in [-0.3, -0.25) is 9.59 Å². The molecule has 1 atom stereocenters. The van der Waals surface area contributed by atoms with Gasteiger partial charge in [0.15, 0.2) is 5.78 Å². The van der Waals surface area contributed by atoms with E-state index in [-0.39, 0.29) is 17.2 Å². The van der Waals surface area contributed by atoms with E-state index < -0.39 is 29.7 Å². The lowest BCUT2D eigenvalue weighted by atomic mass is 10.1. The Hall–Kier alpha value is -3.88. The number of rotatable bonds is 6. The minimum atomic E-state index is -4.58. The average molecular weight is 444 g/mol. The van der Waals surface area contributed by atoms with Crippen molar-refractivity contribution in [1.29, 1.82) is 0 Å². The van der Waals surface area contributed by atoms with Crippen molar-refractivity contribution in [3.8, 4) is 0 Å². The lowest BCUT2D eigenvalue weighted by molar-refractivity contribution is -0.137.